The first-order valence-corrected chi connectivity index (χ1v) is 4.47. The summed E-state index contributed by atoms with van der Waals surface area (Å²) in [7, 11) is 1.73. The molecular weight excluding hydrogens is 170 g/mol. The summed E-state index contributed by atoms with van der Waals surface area (Å²) < 4.78 is 5.22. The van der Waals surface area contributed by atoms with Gasteiger partial charge in [-0.1, -0.05) is 5.16 Å². The Bertz CT molecular complexity index is 184. The summed E-state index contributed by atoms with van der Waals surface area (Å²) in [6.45, 7) is 2.84. The number of ether oxygens (including phenoxy) is 1. The van der Waals surface area contributed by atoms with Gasteiger partial charge in [-0.15, -0.1) is 0 Å². The Hall–Kier alpha value is -0.810. The lowest BCUT2D eigenvalue weighted by molar-refractivity contribution is 0.108. The van der Waals surface area contributed by atoms with Crippen molar-refractivity contribution < 1.29 is 9.94 Å². The molecule has 3 N–H and O–H groups in total. The fraction of sp³-hybridized carbons (Fsp3) is 0.875. The molecule has 0 radical (unpaired) electrons. The maximum absolute atomic E-state index is 8.33. The SMILES string of the molecule is COC1CCN(CCC(N)=NO)C1. The lowest BCUT2D eigenvalue weighted by Crippen LogP contribution is -2.27. The number of nitrogens with zero attached hydrogens (tertiary/aromatic N) is 2. The summed E-state index contributed by atoms with van der Waals surface area (Å²) in [5.74, 6) is 0.292. The van der Waals surface area contributed by atoms with Crippen LogP contribution in [-0.4, -0.2) is 48.8 Å². The Kier molecular flexibility index (Phi) is 3.98. The van der Waals surface area contributed by atoms with Crippen molar-refractivity contribution in [3.05, 3.63) is 0 Å². The molecule has 0 saturated carbocycles. The van der Waals surface area contributed by atoms with Crippen molar-refractivity contribution in [3.8, 4) is 0 Å². The van der Waals surface area contributed by atoms with E-state index < -0.39 is 0 Å². The number of nitrogens with two attached hydrogens (primary N) is 1. The highest BCUT2D eigenvalue weighted by Gasteiger charge is 2.21. The van der Waals surface area contributed by atoms with Crippen molar-refractivity contribution in [2.45, 2.75) is 18.9 Å². The van der Waals surface area contributed by atoms with Crippen molar-refractivity contribution in [1.82, 2.24) is 4.90 Å². The van der Waals surface area contributed by atoms with Crippen LogP contribution in [0.25, 0.3) is 0 Å². The second-order valence-electron chi connectivity index (χ2n) is 3.29. The van der Waals surface area contributed by atoms with Gasteiger partial charge in [0.15, 0.2) is 0 Å². The fourth-order valence-corrected chi connectivity index (χ4v) is 1.52. The summed E-state index contributed by atoms with van der Waals surface area (Å²) in [4.78, 5) is 2.26. The van der Waals surface area contributed by atoms with Crippen LogP contribution in [0.2, 0.25) is 0 Å². The third kappa shape index (κ3) is 3.20. The molecule has 1 fully saturated rings. The van der Waals surface area contributed by atoms with Crippen molar-refractivity contribution in [1.29, 1.82) is 0 Å². The first kappa shape index (κ1) is 10.3. The Morgan fingerprint density at radius 3 is 3.08 bits per heavy atom. The van der Waals surface area contributed by atoms with Crippen LogP contribution >= 0.6 is 0 Å². The standard InChI is InChI=1S/C8H17N3O2/c1-13-7-2-4-11(6-7)5-3-8(9)10-12/h7,12H,2-6H2,1H3,(H2,9,10). The molecule has 5 heteroatoms. The zero-order valence-corrected chi connectivity index (χ0v) is 7.94. The molecule has 1 saturated heterocycles. The van der Waals surface area contributed by atoms with Crippen LogP contribution in [0.4, 0.5) is 0 Å². The zero-order valence-electron chi connectivity index (χ0n) is 7.94. The number of hydrogen-bond donors (Lipinski definition) is 2. The molecule has 0 aliphatic carbocycles. The molecule has 76 valence electrons. The average Bonchev–Trinajstić information content (AvgIpc) is 2.61. The van der Waals surface area contributed by atoms with Crippen LogP contribution in [0.15, 0.2) is 5.16 Å². The minimum absolute atomic E-state index is 0.292. The normalized spacial score (nSPS) is 25.3. The summed E-state index contributed by atoms with van der Waals surface area (Å²) in [5, 5.41) is 11.3. The molecule has 1 aliphatic rings. The van der Waals surface area contributed by atoms with E-state index in [1.807, 2.05) is 0 Å². The fourth-order valence-electron chi connectivity index (χ4n) is 1.52. The molecule has 0 spiro atoms. The third-order valence-electron chi connectivity index (χ3n) is 2.38. The van der Waals surface area contributed by atoms with Gasteiger partial charge in [0, 0.05) is 33.2 Å². The number of hydrogen-bond acceptors (Lipinski definition) is 4. The van der Waals surface area contributed by atoms with E-state index in [1.54, 1.807) is 7.11 Å². The van der Waals surface area contributed by atoms with Gasteiger partial charge in [0.2, 0.25) is 0 Å². The summed E-state index contributed by atoms with van der Waals surface area (Å²) >= 11 is 0. The van der Waals surface area contributed by atoms with Crippen molar-refractivity contribution in [2.75, 3.05) is 26.7 Å². The molecule has 0 aromatic carbocycles. The Balaban J connectivity index is 2.17. The molecule has 1 rings (SSSR count). The lowest BCUT2D eigenvalue weighted by Gasteiger charge is -2.14. The van der Waals surface area contributed by atoms with Gasteiger partial charge < -0.3 is 20.6 Å². The summed E-state index contributed by atoms with van der Waals surface area (Å²) in [5.41, 5.74) is 5.36. The Morgan fingerprint density at radius 2 is 2.54 bits per heavy atom. The van der Waals surface area contributed by atoms with E-state index in [4.69, 9.17) is 15.7 Å². The topological polar surface area (TPSA) is 71.1 Å². The number of likely N-dealkylation sites (tertiary alicyclic amines) is 1. The van der Waals surface area contributed by atoms with Crippen LogP contribution in [0, 0.1) is 0 Å². The van der Waals surface area contributed by atoms with E-state index in [2.05, 4.69) is 10.1 Å². The molecule has 0 aromatic rings. The van der Waals surface area contributed by atoms with E-state index >= 15 is 0 Å². The van der Waals surface area contributed by atoms with E-state index in [0.717, 1.165) is 26.1 Å². The number of methoxy groups -OCH3 is 1. The van der Waals surface area contributed by atoms with E-state index in [1.165, 1.54) is 0 Å². The molecule has 0 amide bonds. The van der Waals surface area contributed by atoms with E-state index in [9.17, 15) is 0 Å². The van der Waals surface area contributed by atoms with Gasteiger partial charge in [0.05, 0.1) is 6.10 Å². The molecule has 13 heavy (non-hydrogen) atoms. The van der Waals surface area contributed by atoms with Crippen LogP contribution in [0.3, 0.4) is 0 Å². The molecule has 1 atom stereocenters. The van der Waals surface area contributed by atoms with Crippen LogP contribution in [-0.2, 0) is 4.74 Å². The van der Waals surface area contributed by atoms with E-state index in [0.29, 0.717) is 18.4 Å². The van der Waals surface area contributed by atoms with Gasteiger partial charge in [0.1, 0.15) is 5.84 Å². The average molecular weight is 187 g/mol. The third-order valence-corrected chi connectivity index (χ3v) is 2.38. The molecule has 1 heterocycles. The first-order chi connectivity index (χ1) is 6.26. The van der Waals surface area contributed by atoms with Gasteiger partial charge in [-0.2, -0.15) is 0 Å². The van der Waals surface area contributed by atoms with Crippen molar-refractivity contribution >= 4 is 5.84 Å². The molecule has 0 aromatic heterocycles. The highest BCUT2D eigenvalue weighted by molar-refractivity contribution is 5.79. The molecule has 1 aliphatic heterocycles. The lowest BCUT2D eigenvalue weighted by atomic mass is 10.3. The molecule has 5 nitrogen and oxygen atoms in total. The van der Waals surface area contributed by atoms with Crippen molar-refractivity contribution in [3.63, 3.8) is 0 Å². The molecular formula is C8H17N3O2. The highest BCUT2D eigenvalue weighted by atomic mass is 16.5. The van der Waals surface area contributed by atoms with E-state index in [-0.39, 0.29) is 0 Å². The van der Waals surface area contributed by atoms with Gasteiger partial charge in [-0.25, -0.2) is 0 Å². The predicted octanol–water partition coefficient (Wildman–Crippen LogP) is -0.156. The molecule has 0 bridgehead atoms. The number of rotatable bonds is 4. The number of oxime groups is 1. The summed E-state index contributed by atoms with van der Waals surface area (Å²) in [6, 6.07) is 0. The number of amidine groups is 1. The van der Waals surface area contributed by atoms with Gasteiger partial charge in [0.25, 0.3) is 0 Å². The minimum Gasteiger partial charge on any atom is -0.409 e. The zero-order chi connectivity index (χ0) is 9.68. The second kappa shape index (κ2) is 5.04. The maximum Gasteiger partial charge on any atom is 0.140 e. The monoisotopic (exact) mass is 187 g/mol. The quantitative estimate of drug-likeness (QED) is 0.278. The minimum atomic E-state index is 0.292. The largest absolute Gasteiger partial charge is 0.409 e. The summed E-state index contributed by atoms with van der Waals surface area (Å²) in [6.07, 6.45) is 2.05. The predicted molar refractivity (Wildman–Crippen MR) is 49.9 cm³/mol. The molecule has 1 unspecified atom stereocenters. The van der Waals surface area contributed by atoms with Crippen LogP contribution in [0.1, 0.15) is 12.8 Å². The van der Waals surface area contributed by atoms with Crippen LogP contribution in [0.5, 0.6) is 0 Å². The van der Waals surface area contributed by atoms with Crippen molar-refractivity contribution in [2.24, 2.45) is 10.9 Å². The van der Waals surface area contributed by atoms with Gasteiger partial charge in [-0.05, 0) is 6.42 Å². The first-order valence-electron chi connectivity index (χ1n) is 4.47. The Labute approximate surface area is 78.1 Å². The van der Waals surface area contributed by atoms with Crippen LogP contribution < -0.4 is 5.73 Å². The maximum atomic E-state index is 8.33. The Morgan fingerprint density at radius 1 is 1.77 bits per heavy atom. The highest BCUT2D eigenvalue weighted by Crippen LogP contribution is 2.11. The second-order valence-corrected chi connectivity index (χ2v) is 3.29. The van der Waals surface area contributed by atoms with Gasteiger partial charge >= 0.3 is 0 Å². The smallest absolute Gasteiger partial charge is 0.140 e. The van der Waals surface area contributed by atoms with Gasteiger partial charge in [-0.3, -0.25) is 0 Å².